The second-order valence-electron chi connectivity index (χ2n) is 4.30. The number of benzene rings is 1. The number of fused-ring (bicyclic) bond motifs is 1. The summed E-state index contributed by atoms with van der Waals surface area (Å²) in [5, 5.41) is 0. The lowest BCUT2D eigenvalue weighted by atomic mass is 10.1. The van der Waals surface area contributed by atoms with Gasteiger partial charge in [-0.2, -0.15) is 13.2 Å². The number of hydrogen-bond donors (Lipinski definition) is 0. The molecule has 3 aromatic rings. The van der Waals surface area contributed by atoms with Crippen LogP contribution in [0, 0.1) is 3.70 Å². The molecular weight excluding hydrogens is 380 g/mol. The molecule has 0 bridgehead atoms. The van der Waals surface area contributed by atoms with Gasteiger partial charge in [-0.3, -0.25) is 4.40 Å². The summed E-state index contributed by atoms with van der Waals surface area (Å²) in [6, 6.07) is 8.84. The molecule has 1 aromatic carbocycles. The first-order chi connectivity index (χ1) is 9.45. The van der Waals surface area contributed by atoms with Gasteiger partial charge >= 0.3 is 6.18 Å². The Balaban J connectivity index is 2.04. The molecule has 20 heavy (non-hydrogen) atoms. The van der Waals surface area contributed by atoms with E-state index in [4.69, 9.17) is 0 Å². The lowest BCUT2D eigenvalue weighted by Gasteiger charge is -2.08. The van der Waals surface area contributed by atoms with Crippen LogP contribution in [0.4, 0.5) is 13.2 Å². The van der Waals surface area contributed by atoms with Crippen LogP contribution in [-0.2, 0) is 6.18 Å². The highest BCUT2D eigenvalue weighted by molar-refractivity contribution is 14.1. The summed E-state index contributed by atoms with van der Waals surface area (Å²) in [4.78, 5) is 4.21. The molecule has 2 heterocycles. The third kappa shape index (κ3) is 2.39. The summed E-state index contributed by atoms with van der Waals surface area (Å²) in [7, 11) is 0. The van der Waals surface area contributed by atoms with Gasteiger partial charge in [0.05, 0.1) is 11.8 Å². The molecule has 2 nitrogen and oxygen atoms in total. The third-order valence-electron chi connectivity index (χ3n) is 3.01. The van der Waals surface area contributed by atoms with Crippen molar-refractivity contribution in [2.24, 2.45) is 0 Å². The van der Waals surface area contributed by atoms with Crippen LogP contribution in [0.25, 0.3) is 16.8 Å². The average Bonchev–Trinajstić information content (AvgIpc) is 2.79. The predicted molar refractivity (Wildman–Crippen MR) is 78.3 cm³/mol. The number of halogens is 4. The quantitative estimate of drug-likeness (QED) is 0.556. The van der Waals surface area contributed by atoms with Crippen molar-refractivity contribution in [3.63, 3.8) is 0 Å². The van der Waals surface area contributed by atoms with Gasteiger partial charge in [-0.15, -0.1) is 0 Å². The maximum atomic E-state index is 12.5. The Morgan fingerprint density at radius 3 is 2.25 bits per heavy atom. The van der Waals surface area contributed by atoms with Gasteiger partial charge in [-0.25, -0.2) is 4.98 Å². The van der Waals surface area contributed by atoms with E-state index in [1.807, 2.05) is 22.7 Å². The van der Waals surface area contributed by atoms with Crippen LogP contribution < -0.4 is 0 Å². The maximum absolute atomic E-state index is 12.5. The summed E-state index contributed by atoms with van der Waals surface area (Å²) < 4.78 is 40.4. The number of hydrogen-bond acceptors (Lipinski definition) is 1. The zero-order valence-corrected chi connectivity index (χ0v) is 12.2. The van der Waals surface area contributed by atoms with Gasteiger partial charge in [0.15, 0.2) is 0 Å². The number of nitrogens with zero attached hydrogens (tertiary/aromatic N) is 2. The fourth-order valence-corrected chi connectivity index (χ4v) is 2.50. The summed E-state index contributed by atoms with van der Waals surface area (Å²) in [6.45, 7) is 0. The van der Waals surface area contributed by atoms with Crippen molar-refractivity contribution in [3.05, 3.63) is 58.1 Å². The highest BCUT2D eigenvalue weighted by atomic mass is 127. The van der Waals surface area contributed by atoms with Gasteiger partial charge < -0.3 is 0 Å². The molecule has 0 atom stereocenters. The molecule has 0 aliphatic heterocycles. The second-order valence-corrected chi connectivity index (χ2v) is 5.41. The summed E-state index contributed by atoms with van der Waals surface area (Å²) in [5.41, 5.74) is 1.76. The van der Waals surface area contributed by atoms with Crippen molar-refractivity contribution in [2.75, 3.05) is 0 Å². The minimum absolute atomic E-state index is 0.639. The van der Waals surface area contributed by atoms with Crippen LogP contribution in [0.5, 0.6) is 0 Å². The van der Waals surface area contributed by atoms with E-state index in [0.717, 1.165) is 32.6 Å². The molecule has 0 unspecified atom stereocenters. The smallest absolute Gasteiger partial charge is 0.294 e. The molecule has 3 rings (SSSR count). The second kappa shape index (κ2) is 4.76. The van der Waals surface area contributed by atoms with Crippen LogP contribution in [0.3, 0.4) is 0 Å². The van der Waals surface area contributed by atoms with Gasteiger partial charge in [0.25, 0.3) is 0 Å². The Morgan fingerprint density at radius 1 is 0.950 bits per heavy atom. The molecule has 0 spiro atoms. The molecule has 102 valence electrons. The molecule has 0 saturated heterocycles. The highest BCUT2D eigenvalue weighted by Gasteiger charge is 2.29. The Morgan fingerprint density at radius 2 is 1.60 bits per heavy atom. The lowest BCUT2D eigenvalue weighted by Crippen LogP contribution is -2.04. The molecular formula is C14H8F3IN2. The van der Waals surface area contributed by atoms with Gasteiger partial charge in [0, 0.05) is 6.20 Å². The molecule has 2 aromatic heterocycles. The number of alkyl halides is 3. The van der Waals surface area contributed by atoms with Gasteiger partial charge in [-0.05, 0) is 58.0 Å². The van der Waals surface area contributed by atoms with Crippen molar-refractivity contribution in [1.29, 1.82) is 0 Å². The topological polar surface area (TPSA) is 17.3 Å². The van der Waals surface area contributed by atoms with Gasteiger partial charge in [0.2, 0.25) is 0 Å². The minimum Gasteiger partial charge on any atom is -0.294 e. The first-order valence-electron chi connectivity index (χ1n) is 5.75. The molecule has 6 heteroatoms. The van der Waals surface area contributed by atoms with E-state index in [-0.39, 0.29) is 0 Å². The maximum Gasteiger partial charge on any atom is 0.416 e. The predicted octanol–water partition coefficient (Wildman–Crippen LogP) is 4.62. The van der Waals surface area contributed by atoms with Crippen molar-refractivity contribution in [2.45, 2.75) is 6.18 Å². The highest BCUT2D eigenvalue weighted by Crippen LogP contribution is 2.31. The van der Waals surface area contributed by atoms with E-state index >= 15 is 0 Å². The summed E-state index contributed by atoms with van der Waals surface area (Å²) in [5.74, 6) is 0. The molecule has 0 fully saturated rings. The monoisotopic (exact) mass is 388 g/mol. The Labute approximate surface area is 126 Å². The minimum atomic E-state index is -4.30. The summed E-state index contributed by atoms with van der Waals surface area (Å²) in [6.07, 6.45) is -0.693. The van der Waals surface area contributed by atoms with E-state index in [9.17, 15) is 13.2 Å². The fraction of sp³-hybridized carbons (Fsp3) is 0.0714. The van der Waals surface area contributed by atoms with E-state index in [1.54, 1.807) is 6.20 Å². The van der Waals surface area contributed by atoms with E-state index in [1.165, 1.54) is 12.1 Å². The van der Waals surface area contributed by atoms with Gasteiger partial charge in [-0.1, -0.05) is 12.1 Å². The van der Waals surface area contributed by atoms with Gasteiger partial charge in [0.1, 0.15) is 9.35 Å². The van der Waals surface area contributed by atoms with E-state index in [2.05, 4.69) is 27.6 Å². The average molecular weight is 388 g/mol. The van der Waals surface area contributed by atoms with Crippen molar-refractivity contribution >= 4 is 28.2 Å². The van der Waals surface area contributed by atoms with Crippen LogP contribution >= 0.6 is 22.6 Å². The molecule has 0 aliphatic rings. The normalized spacial score (nSPS) is 12.0. The molecule has 0 N–H and O–H groups in total. The number of pyridine rings is 1. The largest absolute Gasteiger partial charge is 0.416 e. The van der Waals surface area contributed by atoms with Crippen molar-refractivity contribution < 1.29 is 13.2 Å². The number of aromatic nitrogens is 2. The molecule has 0 saturated carbocycles. The molecule has 0 aliphatic carbocycles. The molecule has 0 radical (unpaired) electrons. The van der Waals surface area contributed by atoms with Crippen LogP contribution in [0.15, 0.2) is 48.8 Å². The van der Waals surface area contributed by atoms with Crippen LogP contribution in [0.1, 0.15) is 5.56 Å². The zero-order valence-electron chi connectivity index (χ0n) is 10.0. The SMILES string of the molecule is FC(F)(F)c1ccc(-c2ccc3ncc(I)n3c2)cc1. The standard InChI is InChI=1S/C14H8F3IN2/c15-14(16,17)11-4-1-9(2-5-11)10-3-6-13-19-7-12(18)20(13)8-10/h1-8H. The molecule has 0 amide bonds. The van der Waals surface area contributed by atoms with E-state index < -0.39 is 11.7 Å². The summed E-state index contributed by atoms with van der Waals surface area (Å²) >= 11 is 2.16. The first kappa shape index (κ1) is 13.4. The number of rotatable bonds is 1. The fourth-order valence-electron chi connectivity index (χ4n) is 1.97. The van der Waals surface area contributed by atoms with E-state index in [0.29, 0.717) is 0 Å². The van der Waals surface area contributed by atoms with Crippen LogP contribution in [0.2, 0.25) is 0 Å². The Hall–Kier alpha value is -1.57. The Kier molecular flexibility index (Phi) is 3.19. The zero-order chi connectivity index (χ0) is 14.3. The van der Waals surface area contributed by atoms with Crippen molar-refractivity contribution in [3.8, 4) is 11.1 Å². The lowest BCUT2D eigenvalue weighted by molar-refractivity contribution is -0.137. The van der Waals surface area contributed by atoms with Crippen LogP contribution in [-0.4, -0.2) is 9.38 Å². The first-order valence-corrected chi connectivity index (χ1v) is 6.83. The van der Waals surface area contributed by atoms with Crippen molar-refractivity contribution in [1.82, 2.24) is 9.38 Å². The Bertz CT molecular complexity index is 760. The third-order valence-corrected chi connectivity index (χ3v) is 3.80. The number of imidazole rings is 1.